The van der Waals surface area contributed by atoms with Crippen molar-refractivity contribution in [2.75, 3.05) is 31.2 Å². The van der Waals surface area contributed by atoms with Crippen LogP contribution in [0.4, 0.5) is 10.5 Å². The van der Waals surface area contributed by atoms with E-state index in [1.165, 1.54) is 10.6 Å². The van der Waals surface area contributed by atoms with Crippen LogP contribution in [0.25, 0.3) is 0 Å². The van der Waals surface area contributed by atoms with Crippen molar-refractivity contribution in [2.45, 2.75) is 12.8 Å². The van der Waals surface area contributed by atoms with Gasteiger partial charge >= 0.3 is 6.03 Å². The third-order valence-corrected chi connectivity index (χ3v) is 5.21. The summed E-state index contributed by atoms with van der Waals surface area (Å²) in [5.74, 6) is 0.295. The van der Waals surface area contributed by atoms with Gasteiger partial charge in [0.05, 0.1) is 6.26 Å². The fourth-order valence-electron chi connectivity index (χ4n) is 2.42. The molecule has 0 spiro atoms. The minimum Gasteiger partial charge on any atom is -0.338 e. The summed E-state index contributed by atoms with van der Waals surface area (Å²) in [7, 11) is -3.10. The number of anilines is 1. The normalized spacial score (nSPS) is 17.2. The number of nitrogens with one attached hydrogen (secondary N) is 2. The van der Waals surface area contributed by atoms with Crippen molar-refractivity contribution in [1.29, 1.82) is 0 Å². The van der Waals surface area contributed by atoms with Gasteiger partial charge in [0.15, 0.2) is 0 Å². The Kier molecular flexibility index (Phi) is 5.66. The van der Waals surface area contributed by atoms with E-state index < -0.39 is 10.0 Å². The van der Waals surface area contributed by atoms with Crippen LogP contribution in [0, 0.1) is 5.92 Å². The molecule has 0 aliphatic carbocycles. The van der Waals surface area contributed by atoms with Crippen molar-refractivity contribution < 1.29 is 13.2 Å². The summed E-state index contributed by atoms with van der Waals surface area (Å²) in [5.41, 5.74) is 0.636. The Morgan fingerprint density at radius 2 is 2.05 bits per heavy atom. The summed E-state index contributed by atoms with van der Waals surface area (Å²) in [5, 5.41) is 6.09. The number of carbonyl (C=O) groups is 1. The summed E-state index contributed by atoms with van der Waals surface area (Å²) < 4.78 is 24.3. The fourth-order valence-corrected chi connectivity index (χ4v) is 3.49. The standard InChI is InChI=1S/C14H20ClN3O3S/c1-22(20,21)18-7-5-11(6-8-18)10-16-14(19)17-13-4-2-3-12(15)9-13/h2-4,9,11H,5-8,10H2,1H3,(H2,16,17,19). The van der Waals surface area contributed by atoms with Gasteiger partial charge in [-0.05, 0) is 37.0 Å². The first-order valence-electron chi connectivity index (χ1n) is 7.10. The predicted molar refractivity (Wildman–Crippen MR) is 87.6 cm³/mol. The lowest BCUT2D eigenvalue weighted by atomic mass is 9.98. The van der Waals surface area contributed by atoms with Crippen LogP contribution in [0.3, 0.4) is 0 Å². The Balaban J connectivity index is 1.74. The second-order valence-corrected chi connectivity index (χ2v) is 7.87. The highest BCUT2D eigenvalue weighted by Crippen LogP contribution is 2.18. The Hall–Kier alpha value is -1.31. The highest BCUT2D eigenvalue weighted by atomic mass is 35.5. The molecule has 6 nitrogen and oxygen atoms in total. The topological polar surface area (TPSA) is 78.5 Å². The molecule has 22 heavy (non-hydrogen) atoms. The van der Waals surface area contributed by atoms with Crippen LogP contribution in [-0.2, 0) is 10.0 Å². The number of benzene rings is 1. The molecule has 1 aromatic carbocycles. The molecule has 1 heterocycles. The maximum atomic E-state index is 11.8. The van der Waals surface area contributed by atoms with Crippen LogP contribution in [0.5, 0.6) is 0 Å². The number of sulfonamides is 1. The third kappa shape index (κ3) is 5.15. The minimum atomic E-state index is -3.10. The first-order valence-corrected chi connectivity index (χ1v) is 9.33. The van der Waals surface area contributed by atoms with Crippen LogP contribution < -0.4 is 10.6 Å². The van der Waals surface area contributed by atoms with Crippen molar-refractivity contribution in [1.82, 2.24) is 9.62 Å². The zero-order valence-corrected chi connectivity index (χ0v) is 14.0. The molecule has 0 bridgehead atoms. The lowest BCUT2D eigenvalue weighted by Crippen LogP contribution is -2.41. The fraction of sp³-hybridized carbons (Fsp3) is 0.500. The van der Waals surface area contributed by atoms with Gasteiger partial charge < -0.3 is 10.6 Å². The summed E-state index contributed by atoms with van der Waals surface area (Å²) in [6, 6.07) is 6.65. The molecule has 0 unspecified atom stereocenters. The summed E-state index contributed by atoms with van der Waals surface area (Å²) in [6.07, 6.45) is 2.74. The maximum absolute atomic E-state index is 11.8. The van der Waals surface area contributed by atoms with E-state index in [0.717, 1.165) is 12.8 Å². The molecule has 2 rings (SSSR count). The van der Waals surface area contributed by atoms with Crippen LogP contribution in [0.1, 0.15) is 12.8 Å². The van der Waals surface area contributed by atoms with E-state index in [4.69, 9.17) is 11.6 Å². The van der Waals surface area contributed by atoms with E-state index in [1.54, 1.807) is 24.3 Å². The molecule has 1 saturated heterocycles. The Morgan fingerprint density at radius 3 is 2.64 bits per heavy atom. The molecule has 0 atom stereocenters. The Bertz CT molecular complexity index is 628. The highest BCUT2D eigenvalue weighted by Gasteiger charge is 2.24. The van der Waals surface area contributed by atoms with Crippen molar-refractivity contribution in [3.63, 3.8) is 0 Å². The summed E-state index contributed by atoms with van der Waals surface area (Å²) >= 11 is 5.85. The smallest absolute Gasteiger partial charge is 0.319 e. The van der Waals surface area contributed by atoms with E-state index in [-0.39, 0.29) is 6.03 Å². The summed E-state index contributed by atoms with van der Waals surface area (Å²) in [4.78, 5) is 11.8. The van der Waals surface area contributed by atoms with Gasteiger partial charge in [0.2, 0.25) is 10.0 Å². The molecule has 1 fully saturated rings. The SMILES string of the molecule is CS(=O)(=O)N1CCC(CNC(=O)Nc2cccc(Cl)c2)CC1. The largest absolute Gasteiger partial charge is 0.338 e. The van der Waals surface area contributed by atoms with Crippen molar-refractivity contribution in [3.8, 4) is 0 Å². The van der Waals surface area contributed by atoms with Gasteiger partial charge in [-0.15, -0.1) is 0 Å². The molecule has 0 radical (unpaired) electrons. The lowest BCUT2D eigenvalue weighted by Gasteiger charge is -2.30. The zero-order chi connectivity index (χ0) is 16.2. The van der Waals surface area contributed by atoms with Crippen molar-refractivity contribution in [2.24, 2.45) is 5.92 Å². The van der Waals surface area contributed by atoms with Crippen LogP contribution in [-0.4, -0.2) is 44.6 Å². The molecule has 1 aliphatic heterocycles. The molecule has 1 aliphatic rings. The lowest BCUT2D eigenvalue weighted by molar-refractivity contribution is 0.241. The molecular weight excluding hydrogens is 326 g/mol. The molecular formula is C14H20ClN3O3S. The first kappa shape index (κ1) is 17.1. The number of piperidine rings is 1. The number of amides is 2. The molecule has 0 aromatic heterocycles. The number of carbonyl (C=O) groups excluding carboxylic acids is 1. The quantitative estimate of drug-likeness (QED) is 0.877. The third-order valence-electron chi connectivity index (χ3n) is 3.68. The number of hydrogen-bond donors (Lipinski definition) is 2. The first-order chi connectivity index (χ1) is 10.3. The molecule has 1 aromatic rings. The van der Waals surface area contributed by atoms with E-state index >= 15 is 0 Å². The predicted octanol–water partition coefficient (Wildman–Crippen LogP) is 2.13. The Morgan fingerprint density at radius 1 is 1.36 bits per heavy atom. The number of halogens is 1. The molecule has 2 N–H and O–H groups in total. The van der Waals surface area contributed by atoms with Gasteiger partial charge in [-0.3, -0.25) is 0 Å². The van der Waals surface area contributed by atoms with E-state index in [0.29, 0.717) is 36.3 Å². The van der Waals surface area contributed by atoms with Crippen LogP contribution >= 0.6 is 11.6 Å². The second kappa shape index (κ2) is 7.30. The number of urea groups is 1. The molecule has 2 amide bonds. The van der Waals surface area contributed by atoms with E-state index in [9.17, 15) is 13.2 Å². The van der Waals surface area contributed by atoms with Crippen molar-refractivity contribution in [3.05, 3.63) is 29.3 Å². The monoisotopic (exact) mass is 345 g/mol. The van der Waals surface area contributed by atoms with Gasteiger partial charge in [0, 0.05) is 30.3 Å². The Labute approximate surface area is 135 Å². The summed E-state index contributed by atoms with van der Waals surface area (Å²) in [6.45, 7) is 1.56. The molecule has 0 saturated carbocycles. The molecule has 8 heteroatoms. The van der Waals surface area contributed by atoms with Crippen molar-refractivity contribution >= 4 is 33.3 Å². The van der Waals surface area contributed by atoms with Gasteiger partial charge in [0.25, 0.3) is 0 Å². The van der Waals surface area contributed by atoms with Gasteiger partial charge in [-0.2, -0.15) is 0 Å². The highest BCUT2D eigenvalue weighted by molar-refractivity contribution is 7.88. The average molecular weight is 346 g/mol. The minimum absolute atomic E-state index is 0.284. The molecule has 122 valence electrons. The van der Waals surface area contributed by atoms with Gasteiger partial charge in [0.1, 0.15) is 0 Å². The van der Waals surface area contributed by atoms with Gasteiger partial charge in [-0.1, -0.05) is 17.7 Å². The van der Waals surface area contributed by atoms with Crippen LogP contribution in [0.15, 0.2) is 24.3 Å². The zero-order valence-electron chi connectivity index (χ0n) is 12.4. The van der Waals surface area contributed by atoms with Gasteiger partial charge in [-0.25, -0.2) is 17.5 Å². The van der Waals surface area contributed by atoms with Crippen LogP contribution in [0.2, 0.25) is 5.02 Å². The van der Waals surface area contributed by atoms with E-state index in [2.05, 4.69) is 10.6 Å². The maximum Gasteiger partial charge on any atom is 0.319 e. The number of rotatable bonds is 4. The second-order valence-electron chi connectivity index (χ2n) is 5.45. The average Bonchev–Trinajstić information content (AvgIpc) is 2.45. The van der Waals surface area contributed by atoms with E-state index in [1.807, 2.05) is 0 Å². The number of nitrogens with zero attached hydrogens (tertiary/aromatic N) is 1. The number of hydrogen-bond acceptors (Lipinski definition) is 3.